The molecule has 0 aliphatic carbocycles. The van der Waals surface area contributed by atoms with Gasteiger partial charge in [-0.2, -0.15) is 0 Å². The van der Waals surface area contributed by atoms with Crippen LogP contribution in [-0.2, 0) is 30.8 Å². The average molecular weight is 433 g/mol. The van der Waals surface area contributed by atoms with Gasteiger partial charge in [-0.05, 0) is 30.7 Å². The molecule has 2 aromatic rings. The van der Waals surface area contributed by atoms with Gasteiger partial charge in [-0.3, -0.25) is 10.2 Å². The fourth-order valence-electron chi connectivity index (χ4n) is 2.64. The molecule has 0 aromatic heterocycles. The van der Waals surface area contributed by atoms with Gasteiger partial charge in [0.25, 0.3) is 0 Å². The summed E-state index contributed by atoms with van der Waals surface area (Å²) in [6.07, 6.45) is 0.0875. The van der Waals surface area contributed by atoms with Gasteiger partial charge in [-0.15, -0.1) is 0 Å². The number of amidine groups is 1. The predicted octanol–water partition coefficient (Wildman–Crippen LogP) is 0.458. The Morgan fingerprint density at radius 3 is 2.43 bits per heavy atom. The lowest BCUT2D eigenvalue weighted by Crippen LogP contribution is -2.47. The number of esters is 1. The standard InChI is InChI=1S/C20H24N4O5S/c1-13-6-8-16(9-7-13)30(27,28)23-12-18(25)24-17(20(26)29-2)11-14-4-3-5-15(10-14)19(21)22/h3-10,17,23H,11-12H2,1-2H3,(H3,21,22)(H,24,25)/t17-/m1/s1. The number of methoxy groups -OCH3 is 1. The van der Waals surface area contributed by atoms with Crippen molar-refractivity contribution in [2.75, 3.05) is 13.7 Å². The number of hydrogen-bond donors (Lipinski definition) is 4. The molecule has 160 valence electrons. The molecule has 0 aliphatic heterocycles. The van der Waals surface area contributed by atoms with Crippen LogP contribution in [0, 0.1) is 12.3 Å². The van der Waals surface area contributed by atoms with E-state index in [9.17, 15) is 18.0 Å². The quantitative estimate of drug-likeness (QED) is 0.257. The van der Waals surface area contributed by atoms with Crippen LogP contribution in [0.1, 0.15) is 16.7 Å². The Bertz CT molecular complexity index is 1040. The predicted molar refractivity (Wildman–Crippen MR) is 111 cm³/mol. The fourth-order valence-corrected chi connectivity index (χ4v) is 3.63. The number of ether oxygens (including phenoxy) is 1. The molecule has 0 saturated heterocycles. The molecule has 5 N–H and O–H groups in total. The molecule has 0 saturated carbocycles. The van der Waals surface area contributed by atoms with Crippen molar-refractivity contribution in [2.24, 2.45) is 5.73 Å². The van der Waals surface area contributed by atoms with Crippen molar-refractivity contribution in [3.05, 3.63) is 65.2 Å². The molecule has 2 aromatic carbocycles. The van der Waals surface area contributed by atoms with Gasteiger partial charge >= 0.3 is 5.97 Å². The van der Waals surface area contributed by atoms with E-state index in [1.807, 2.05) is 6.92 Å². The first-order valence-corrected chi connectivity index (χ1v) is 10.5. The highest BCUT2D eigenvalue weighted by Crippen LogP contribution is 2.10. The molecule has 0 radical (unpaired) electrons. The zero-order chi connectivity index (χ0) is 22.3. The Morgan fingerprint density at radius 1 is 1.17 bits per heavy atom. The lowest BCUT2D eigenvalue weighted by molar-refractivity contribution is -0.144. The number of benzene rings is 2. The molecular formula is C20H24N4O5S. The number of carbonyl (C=O) groups excluding carboxylic acids is 2. The second-order valence-corrected chi connectivity index (χ2v) is 8.37. The summed E-state index contributed by atoms with van der Waals surface area (Å²) in [7, 11) is -2.68. The van der Waals surface area contributed by atoms with Gasteiger partial charge in [0.2, 0.25) is 15.9 Å². The van der Waals surface area contributed by atoms with Gasteiger partial charge in [0.15, 0.2) is 0 Å². The summed E-state index contributed by atoms with van der Waals surface area (Å²) >= 11 is 0. The van der Waals surface area contributed by atoms with E-state index in [0.29, 0.717) is 11.1 Å². The molecule has 0 aliphatic rings. The number of nitrogen functional groups attached to an aromatic ring is 1. The molecule has 1 amide bonds. The third-order valence-corrected chi connectivity index (χ3v) is 5.67. The Hall–Kier alpha value is -3.24. The molecule has 10 heteroatoms. The fraction of sp³-hybridized carbons (Fsp3) is 0.250. The molecular weight excluding hydrogens is 408 g/mol. The Balaban J connectivity index is 2.04. The molecule has 9 nitrogen and oxygen atoms in total. The minimum absolute atomic E-state index is 0.0338. The first-order chi connectivity index (χ1) is 14.1. The number of aryl methyl sites for hydroxylation is 1. The van der Waals surface area contributed by atoms with E-state index < -0.39 is 34.5 Å². The summed E-state index contributed by atoms with van der Waals surface area (Å²) in [5.74, 6) is -1.50. The number of sulfonamides is 1. The third kappa shape index (κ3) is 6.39. The number of rotatable bonds is 9. The number of nitrogens with two attached hydrogens (primary N) is 1. The second-order valence-electron chi connectivity index (χ2n) is 6.60. The average Bonchev–Trinajstić information content (AvgIpc) is 2.72. The van der Waals surface area contributed by atoms with Crippen molar-refractivity contribution in [3.63, 3.8) is 0 Å². The van der Waals surface area contributed by atoms with Gasteiger partial charge < -0.3 is 15.8 Å². The molecule has 2 rings (SSSR count). The topological polar surface area (TPSA) is 151 Å². The zero-order valence-corrected chi connectivity index (χ0v) is 17.5. The summed E-state index contributed by atoms with van der Waals surface area (Å²) in [5.41, 5.74) is 7.51. The SMILES string of the molecule is COC(=O)[C@@H](Cc1cccc(C(=N)N)c1)NC(=O)CNS(=O)(=O)c1ccc(C)cc1. The summed E-state index contributed by atoms with van der Waals surface area (Å²) in [5, 5.41) is 9.97. The van der Waals surface area contributed by atoms with Gasteiger partial charge in [0, 0.05) is 12.0 Å². The van der Waals surface area contributed by atoms with E-state index in [4.69, 9.17) is 15.9 Å². The lowest BCUT2D eigenvalue weighted by Gasteiger charge is -2.17. The van der Waals surface area contributed by atoms with Crippen molar-refractivity contribution < 1.29 is 22.7 Å². The van der Waals surface area contributed by atoms with Crippen LogP contribution in [-0.4, -0.2) is 45.8 Å². The molecule has 0 spiro atoms. The van der Waals surface area contributed by atoms with Gasteiger partial charge in [0.05, 0.1) is 18.6 Å². The van der Waals surface area contributed by atoms with E-state index in [0.717, 1.165) is 5.56 Å². The molecule has 0 heterocycles. The monoisotopic (exact) mass is 432 g/mol. The summed E-state index contributed by atoms with van der Waals surface area (Å²) in [6.45, 7) is 1.29. The Morgan fingerprint density at radius 2 is 1.83 bits per heavy atom. The largest absolute Gasteiger partial charge is 0.467 e. The summed E-state index contributed by atoms with van der Waals surface area (Å²) < 4.78 is 31.5. The number of amides is 1. The van der Waals surface area contributed by atoms with Crippen molar-refractivity contribution in [3.8, 4) is 0 Å². The van der Waals surface area contributed by atoms with Crippen molar-refractivity contribution >= 4 is 27.7 Å². The zero-order valence-electron chi connectivity index (χ0n) is 16.6. The summed E-state index contributed by atoms with van der Waals surface area (Å²) in [6, 6.07) is 11.8. The highest BCUT2D eigenvalue weighted by Gasteiger charge is 2.23. The normalized spacial score (nSPS) is 12.1. The summed E-state index contributed by atoms with van der Waals surface area (Å²) in [4.78, 5) is 24.4. The van der Waals surface area contributed by atoms with Gasteiger partial charge in [-0.25, -0.2) is 17.9 Å². The van der Waals surface area contributed by atoms with Crippen LogP contribution in [0.2, 0.25) is 0 Å². The van der Waals surface area contributed by atoms with Gasteiger partial charge in [0.1, 0.15) is 11.9 Å². The first-order valence-electron chi connectivity index (χ1n) is 8.99. The van der Waals surface area contributed by atoms with E-state index in [1.54, 1.807) is 36.4 Å². The second kappa shape index (κ2) is 9.99. The van der Waals surface area contributed by atoms with E-state index in [2.05, 4.69) is 10.0 Å². The van der Waals surface area contributed by atoms with Crippen molar-refractivity contribution in [1.29, 1.82) is 5.41 Å². The van der Waals surface area contributed by atoms with E-state index in [1.165, 1.54) is 19.2 Å². The van der Waals surface area contributed by atoms with Crippen LogP contribution >= 0.6 is 0 Å². The molecule has 0 unspecified atom stereocenters. The van der Waals surface area contributed by atoms with E-state index >= 15 is 0 Å². The molecule has 30 heavy (non-hydrogen) atoms. The Labute approximate surface area is 175 Å². The minimum Gasteiger partial charge on any atom is -0.467 e. The van der Waals surface area contributed by atoms with Crippen LogP contribution in [0.25, 0.3) is 0 Å². The highest BCUT2D eigenvalue weighted by atomic mass is 32.2. The molecule has 0 fully saturated rings. The maximum absolute atomic E-state index is 12.3. The maximum Gasteiger partial charge on any atom is 0.328 e. The first kappa shape index (κ1) is 23.0. The lowest BCUT2D eigenvalue weighted by atomic mass is 10.0. The number of hydrogen-bond acceptors (Lipinski definition) is 6. The number of carbonyl (C=O) groups is 2. The van der Waals surface area contributed by atoms with Crippen LogP contribution in [0.4, 0.5) is 0 Å². The Kier molecular flexibility index (Phi) is 7.67. The highest BCUT2D eigenvalue weighted by molar-refractivity contribution is 7.89. The van der Waals surface area contributed by atoms with Crippen LogP contribution in [0.3, 0.4) is 0 Å². The number of nitrogens with one attached hydrogen (secondary N) is 3. The van der Waals surface area contributed by atoms with Crippen molar-refractivity contribution in [1.82, 2.24) is 10.0 Å². The van der Waals surface area contributed by atoms with E-state index in [-0.39, 0.29) is 17.2 Å². The van der Waals surface area contributed by atoms with Crippen LogP contribution in [0.15, 0.2) is 53.4 Å². The van der Waals surface area contributed by atoms with Crippen molar-refractivity contribution in [2.45, 2.75) is 24.3 Å². The van der Waals surface area contributed by atoms with Crippen LogP contribution in [0.5, 0.6) is 0 Å². The van der Waals surface area contributed by atoms with Gasteiger partial charge in [-0.1, -0.05) is 35.9 Å². The third-order valence-electron chi connectivity index (χ3n) is 4.25. The maximum atomic E-state index is 12.3. The minimum atomic E-state index is -3.87. The smallest absolute Gasteiger partial charge is 0.328 e. The van der Waals surface area contributed by atoms with Crippen LogP contribution < -0.4 is 15.8 Å². The molecule has 0 bridgehead atoms. The molecule has 1 atom stereocenters.